The Kier molecular flexibility index (Phi) is 9.57. The molecule has 0 spiro atoms. The van der Waals surface area contributed by atoms with E-state index in [-0.39, 0.29) is 47.0 Å². The van der Waals surface area contributed by atoms with Crippen LogP contribution in [-0.4, -0.2) is 74.8 Å². The number of nitrogens with zero attached hydrogens (tertiary/aromatic N) is 6. The number of benzene rings is 1. The maximum atomic E-state index is 14.0. The van der Waals surface area contributed by atoms with Gasteiger partial charge in [-0.1, -0.05) is 12.1 Å². The van der Waals surface area contributed by atoms with Crippen LogP contribution in [0.2, 0.25) is 0 Å². The Morgan fingerprint density at radius 1 is 1.10 bits per heavy atom. The molecule has 0 unspecified atom stereocenters. The van der Waals surface area contributed by atoms with Gasteiger partial charge in [0.05, 0.1) is 11.7 Å². The number of imide groups is 1. The summed E-state index contributed by atoms with van der Waals surface area (Å²) in [6, 6.07) is 9.53. The molecule has 258 valence electrons. The van der Waals surface area contributed by atoms with Gasteiger partial charge in [-0.15, -0.1) is 0 Å². The molecule has 0 atom stereocenters. The summed E-state index contributed by atoms with van der Waals surface area (Å²) in [5.41, 5.74) is 0.878. The van der Waals surface area contributed by atoms with E-state index in [1.165, 1.54) is 34.1 Å². The van der Waals surface area contributed by atoms with E-state index >= 15 is 0 Å². The molecule has 2 fully saturated rings. The first-order valence-corrected chi connectivity index (χ1v) is 15.3. The number of hydrogen-bond acceptors (Lipinski definition) is 9. The van der Waals surface area contributed by atoms with Crippen LogP contribution in [0.1, 0.15) is 53.5 Å². The number of alkyl halides is 5. The van der Waals surface area contributed by atoms with Crippen LogP contribution in [0, 0.1) is 0 Å². The molecule has 4 amide bonds. The highest BCUT2D eigenvalue weighted by Gasteiger charge is 2.29. The van der Waals surface area contributed by atoms with Gasteiger partial charge in [-0.25, -0.2) is 23.5 Å². The summed E-state index contributed by atoms with van der Waals surface area (Å²) < 4.78 is 72.4. The minimum Gasteiger partial charge on any atom is -0.444 e. The number of amides is 4. The van der Waals surface area contributed by atoms with E-state index in [2.05, 4.69) is 35.9 Å². The average Bonchev–Trinajstić information content (AvgIpc) is 3.73. The van der Waals surface area contributed by atoms with Crippen molar-refractivity contribution in [2.45, 2.75) is 44.5 Å². The summed E-state index contributed by atoms with van der Waals surface area (Å²) in [6.07, 6.45) is -2.39. The number of pyridine rings is 1. The first kappa shape index (κ1) is 33.5. The molecular formula is C31H30F5N9O4. The molecule has 0 aliphatic carbocycles. The third-order valence-corrected chi connectivity index (χ3v) is 8.04. The molecule has 49 heavy (non-hydrogen) atoms. The highest BCUT2D eigenvalue weighted by Crippen LogP contribution is 2.31. The van der Waals surface area contributed by atoms with Crippen molar-refractivity contribution in [3.05, 3.63) is 72.0 Å². The number of halogens is 5. The van der Waals surface area contributed by atoms with Crippen molar-refractivity contribution in [1.29, 1.82) is 0 Å². The van der Waals surface area contributed by atoms with E-state index in [4.69, 9.17) is 4.42 Å². The molecular weight excluding hydrogens is 657 g/mol. The van der Waals surface area contributed by atoms with Crippen molar-refractivity contribution in [3.63, 3.8) is 0 Å². The summed E-state index contributed by atoms with van der Waals surface area (Å²) >= 11 is 0. The largest absolute Gasteiger partial charge is 0.444 e. The number of urea groups is 1. The quantitative estimate of drug-likeness (QED) is 0.187. The van der Waals surface area contributed by atoms with Crippen LogP contribution in [0.25, 0.3) is 11.5 Å². The van der Waals surface area contributed by atoms with Gasteiger partial charge >= 0.3 is 12.2 Å². The first-order chi connectivity index (χ1) is 23.4. The number of nitrogens with one attached hydrogen (secondary N) is 3. The zero-order chi connectivity index (χ0) is 34.7. The number of rotatable bonds is 10. The van der Waals surface area contributed by atoms with Gasteiger partial charge in [-0.2, -0.15) is 18.3 Å². The number of likely N-dealkylation sites (tertiary alicyclic amines) is 1. The molecule has 4 aromatic rings. The predicted molar refractivity (Wildman–Crippen MR) is 165 cm³/mol. The Balaban J connectivity index is 1.07. The van der Waals surface area contributed by atoms with Crippen molar-refractivity contribution in [2.24, 2.45) is 0 Å². The van der Waals surface area contributed by atoms with E-state index in [0.717, 1.165) is 11.8 Å². The highest BCUT2D eigenvalue weighted by atomic mass is 19.4. The molecule has 2 saturated heterocycles. The van der Waals surface area contributed by atoms with Crippen LogP contribution >= 0.6 is 0 Å². The van der Waals surface area contributed by atoms with Crippen LogP contribution < -0.4 is 20.9 Å². The van der Waals surface area contributed by atoms with E-state index in [9.17, 15) is 36.3 Å². The number of hydrogen-bond donors (Lipinski definition) is 3. The molecule has 1 aromatic carbocycles. The second-order valence-electron chi connectivity index (χ2n) is 11.5. The maximum Gasteiger partial charge on any atom is 0.405 e. The number of carbonyl (C=O) groups is 3. The molecule has 2 aliphatic rings. The van der Waals surface area contributed by atoms with Crippen LogP contribution in [-0.2, 0) is 11.3 Å². The molecule has 18 heteroatoms. The third kappa shape index (κ3) is 8.19. The zero-order valence-electron chi connectivity index (χ0n) is 25.7. The summed E-state index contributed by atoms with van der Waals surface area (Å²) in [5, 5.41) is 11.0. The Hall–Kier alpha value is -5.39. The number of aromatic nitrogens is 4. The topological polar surface area (TPSA) is 151 Å². The number of piperidine rings is 1. The van der Waals surface area contributed by atoms with Gasteiger partial charge < -0.3 is 15.1 Å². The smallest absolute Gasteiger partial charge is 0.405 e. The predicted octanol–water partition coefficient (Wildman–Crippen LogP) is 5.38. The minimum absolute atomic E-state index is 0.0839. The van der Waals surface area contributed by atoms with Gasteiger partial charge in [0.1, 0.15) is 18.6 Å². The van der Waals surface area contributed by atoms with Crippen LogP contribution in [0.3, 0.4) is 0 Å². The zero-order valence-corrected chi connectivity index (χ0v) is 25.7. The first-order valence-electron chi connectivity index (χ1n) is 15.3. The molecule has 2 aliphatic heterocycles. The number of oxazole rings is 1. The van der Waals surface area contributed by atoms with E-state index in [1.807, 2.05) is 18.2 Å². The fraction of sp³-hybridized carbons (Fsp3) is 0.355. The Morgan fingerprint density at radius 2 is 1.90 bits per heavy atom. The lowest BCUT2D eigenvalue weighted by atomic mass is 10.0. The molecule has 3 aromatic heterocycles. The molecule has 0 bridgehead atoms. The standard InChI is InChI=1S/C31H30F5N9O4/c32-27(33)26-22(39-28(47)23-16-49-29(40-23)19-4-8-37-24(13-19)38-17-31(34,35)36)15-45(42-26)20-5-9-43(10-6-20)14-18-2-1-3-21(12-18)44-11-7-25(46)41-30(44)48/h1-4,8,12-13,15-16,20,27H,5-7,9-11,14,17H2,(H,37,38)(H,39,47)(H,41,46,48). The fourth-order valence-electron chi connectivity index (χ4n) is 5.63. The molecule has 5 heterocycles. The van der Waals surface area contributed by atoms with E-state index < -0.39 is 36.8 Å². The molecule has 3 N–H and O–H groups in total. The summed E-state index contributed by atoms with van der Waals surface area (Å²) in [6.45, 7) is 0.880. The summed E-state index contributed by atoms with van der Waals surface area (Å²) in [4.78, 5) is 48.3. The third-order valence-electron chi connectivity index (χ3n) is 8.04. The second-order valence-corrected chi connectivity index (χ2v) is 11.5. The lowest BCUT2D eigenvalue weighted by Gasteiger charge is -2.32. The fourth-order valence-corrected chi connectivity index (χ4v) is 5.63. The number of carbonyl (C=O) groups excluding carboxylic acids is 3. The normalized spacial score (nSPS) is 16.2. The van der Waals surface area contributed by atoms with Gasteiger partial charge in [-0.3, -0.25) is 29.4 Å². The van der Waals surface area contributed by atoms with Crippen LogP contribution in [0.4, 0.5) is 43.9 Å². The van der Waals surface area contributed by atoms with Gasteiger partial charge in [0.25, 0.3) is 12.3 Å². The van der Waals surface area contributed by atoms with Crippen molar-refractivity contribution in [3.8, 4) is 11.5 Å². The van der Waals surface area contributed by atoms with Crippen LogP contribution in [0.5, 0.6) is 0 Å². The van der Waals surface area contributed by atoms with Gasteiger partial charge in [0.2, 0.25) is 11.8 Å². The average molecular weight is 688 g/mol. The summed E-state index contributed by atoms with van der Waals surface area (Å²) in [5.74, 6) is -1.32. The van der Waals surface area contributed by atoms with Crippen molar-refractivity contribution >= 4 is 35.0 Å². The maximum absolute atomic E-state index is 14.0. The van der Waals surface area contributed by atoms with E-state index in [0.29, 0.717) is 44.7 Å². The van der Waals surface area contributed by atoms with Crippen molar-refractivity contribution < 1.29 is 40.8 Å². The second kappa shape index (κ2) is 14.0. The lowest BCUT2D eigenvalue weighted by molar-refractivity contribution is -0.120. The summed E-state index contributed by atoms with van der Waals surface area (Å²) in [7, 11) is 0. The Morgan fingerprint density at radius 3 is 2.63 bits per heavy atom. The Labute approximate surface area is 275 Å². The molecule has 0 saturated carbocycles. The highest BCUT2D eigenvalue weighted by molar-refractivity contribution is 6.05. The van der Waals surface area contributed by atoms with Gasteiger partial charge in [0.15, 0.2) is 11.4 Å². The minimum atomic E-state index is -4.46. The molecule has 0 radical (unpaired) electrons. The van der Waals surface area contributed by atoms with Gasteiger partial charge in [0, 0.05) is 56.2 Å². The Bertz CT molecular complexity index is 1840. The molecule has 13 nitrogen and oxygen atoms in total. The van der Waals surface area contributed by atoms with E-state index in [1.54, 1.807) is 6.07 Å². The molecule has 6 rings (SSSR count). The lowest BCUT2D eigenvalue weighted by Crippen LogP contribution is -2.49. The van der Waals surface area contributed by atoms with Crippen molar-refractivity contribution in [2.75, 3.05) is 41.7 Å². The van der Waals surface area contributed by atoms with Crippen LogP contribution in [0.15, 0.2) is 59.5 Å². The van der Waals surface area contributed by atoms with Gasteiger partial charge in [-0.05, 0) is 42.7 Å². The monoisotopic (exact) mass is 687 g/mol. The SMILES string of the molecule is O=C1CCN(c2cccc(CN3CCC(n4cc(NC(=O)c5coc(-c6ccnc(NCC(F)(F)F)c6)n5)c(C(F)F)n4)CC3)c2)C(=O)N1. The van der Waals surface area contributed by atoms with Crippen molar-refractivity contribution in [1.82, 2.24) is 30.0 Å². The number of anilines is 3.